The van der Waals surface area contributed by atoms with Crippen LogP contribution >= 0.6 is 0 Å². The summed E-state index contributed by atoms with van der Waals surface area (Å²) in [5.74, 6) is -0.698. The van der Waals surface area contributed by atoms with E-state index >= 15 is 0 Å². The van der Waals surface area contributed by atoms with Crippen molar-refractivity contribution in [3.05, 3.63) is 41.9 Å². The van der Waals surface area contributed by atoms with Crippen molar-refractivity contribution in [2.75, 3.05) is 19.6 Å². The van der Waals surface area contributed by atoms with Gasteiger partial charge in [0.05, 0.1) is 17.7 Å². The van der Waals surface area contributed by atoms with Gasteiger partial charge in [0.15, 0.2) is 5.65 Å². The monoisotopic (exact) mass is 449 g/mol. The lowest BCUT2D eigenvalue weighted by Gasteiger charge is -2.36. The highest BCUT2D eigenvalue weighted by molar-refractivity contribution is 5.89. The first kappa shape index (κ1) is 22.3. The zero-order valence-electron chi connectivity index (χ0n) is 17.9. The number of nitrogens with zero attached hydrogens (tertiary/aromatic N) is 5. The van der Waals surface area contributed by atoms with Crippen LogP contribution in [0.5, 0.6) is 0 Å². The number of aromatic nitrogens is 3. The average Bonchev–Trinajstić information content (AvgIpc) is 3.35. The van der Waals surface area contributed by atoms with E-state index in [1.54, 1.807) is 28.9 Å². The third kappa shape index (κ3) is 4.10. The normalized spacial score (nSPS) is 22.1. The molecule has 4 heterocycles. The zero-order chi connectivity index (χ0) is 23.0. The summed E-state index contributed by atoms with van der Waals surface area (Å²) >= 11 is 0. The van der Waals surface area contributed by atoms with Crippen LogP contribution in [0.1, 0.15) is 55.7 Å². The van der Waals surface area contributed by atoms with E-state index < -0.39 is 23.8 Å². The van der Waals surface area contributed by atoms with Gasteiger partial charge in [-0.15, -0.1) is 6.58 Å². The molecule has 0 N–H and O–H groups in total. The minimum absolute atomic E-state index is 0.0874. The number of amides is 2. The van der Waals surface area contributed by atoms with Crippen molar-refractivity contribution < 1.29 is 22.8 Å². The van der Waals surface area contributed by atoms with Crippen molar-refractivity contribution in [1.29, 1.82) is 0 Å². The lowest BCUT2D eigenvalue weighted by molar-refractivity contribution is -0.143. The van der Waals surface area contributed by atoms with Gasteiger partial charge >= 0.3 is 6.18 Å². The molecular weight excluding hydrogens is 423 g/mol. The summed E-state index contributed by atoms with van der Waals surface area (Å²) in [4.78, 5) is 33.1. The van der Waals surface area contributed by atoms with Gasteiger partial charge in [0.1, 0.15) is 5.69 Å². The van der Waals surface area contributed by atoms with E-state index in [9.17, 15) is 22.8 Å². The Morgan fingerprint density at radius 3 is 2.78 bits per heavy atom. The number of carbonyl (C=O) groups is 2. The van der Waals surface area contributed by atoms with Crippen LogP contribution in [0.3, 0.4) is 0 Å². The van der Waals surface area contributed by atoms with Crippen molar-refractivity contribution >= 4 is 17.5 Å². The smallest absolute Gasteiger partial charge is 0.338 e. The third-order valence-electron chi connectivity index (χ3n) is 6.19. The average molecular weight is 449 g/mol. The Bertz CT molecular complexity index is 1050. The van der Waals surface area contributed by atoms with E-state index in [4.69, 9.17) is 0 Å². The highest BCUT2D eigenvalue weighted by Gasteiger charge is 2.40. The van der Waals surface area contributed by atoms with Gasteiger partial charge in [-0.1, -0.05) is 13.0 Å². The molecular formula is C22H26F3N5O2. The lowest BCUT2D eigenvalue weighted by atomic mass is 9.96. The highest BCUT2D eigenvalue weighted by Crippen LogP contribution is 2.35. The van der Waals surface area contributed by atoms with Crippen LogP contribution in [0.25, 0.3) is 5.65 Å². The molecule has 2 aliphatic heterocycles. The molecule has 0 aliphatic carbocycles. The van der Waals surface area contributed by atoms with E-state index in [-0.39, 0.29) is 23.9 Å². The van der Waals surface area contributed by atoms with Gasteiger partial charge < -0.3 is 9.80 Å². The maximum absolute atomic E-state index is 13.6. The largest absolute Gasteiger partial charge is 0.433 e. The van der Waals surface area contributed by atoms with E-state index in [2.05, 4.69) is 16.7 Å². The highest BCUT2D eigenvalue weighted by atomic mass is 19.4. The van der Waals surface area contributed by atoms with Crippen molar-refractivity contribution in [2.24, 2.45) is 5.92 Å². The standard InChI is InChI=1S/C22H26F3N5O2/c1-3-8-28-13-14(10-20(28)31)21(32)29-9-6-5-7-17(29)16-12-19-26-15(4-2)11-18(22(23,24)25)30(19)27-16/h3,11-12,14,17H,1,4-10,13H2,2H3/t14-,17+/m0/s1. The predicted octanol–water partition coefficient (Wildman–Crippen LogP) is 3.40. The van der Waals surface area contributed by atoms with Crippen molar-refractivity contribution in [3.8, 4) is 0 Å². The number of hydrogen-bond donors (Lipinski definition) is 0. The summed E-state index contributed by atoms with van der Waals surface area (Å²) in [6.07, 6.45) is -0.191. The zero-order valence-corrected chi connectivity index (χ0v) is 17.9. The fourth-order valence-corrected chi connectivity index (χ4v) is 4.60. The van der Waals surface area contributed by atoms with Gasteiger partial charge in [-0.25, -0.2) is 9.50 Å². The molecule has 0 radical (unpaired) electrons. The van der Waals surface area contributed by atoms with Gasteiger partial charge in [-0.2, -0.15) is 18.3 Å². The Hall–Kier alpha value is -2.91. The molecule has 2 aromatic heterocycles. The van der Waals surface area contributed by atoms with Crippen LogP contribution in [0.2, 0.25) is 0 Å². The topological polar surface area (TPSA) is 70.8 Å². The first-order chi connectivity index (χ1) is 15.2. The number of alkyl halides is 3. The molecule has 2 atom stereocenters. The van der Waals surface area contributed by atoms with Crippen molar-refractivity contribution in [3.63, 3.8) is 0 Å². The Morgan fingerprint density at radius 1 is 1.31 bits per heavy atom. The number of piperidine rings is 1. The number of hydrogen-bond acceptors (Lipinski definition) is 4. The number of halogens is 3. The van der Waals surface area contributed by atoms with Crippen LogP contribution < -0.4 is 0 Å². The summed E-state index contributed by atoms with van der Waals surface area (Å²) in [5, 5.41) is 4.25. The second-order valence-corrected chi connectivity index (χ2v) is 8.35. The minimum atomic E-state index is -4.57. The predicted molar refractivity (Wildman–Crippen MR) is 111 cm³/mol. The van der Waals surface area contributed by atoms with Gasteiger partial charge in [-0.3, -0.25) is 9.59 Å². The van der Waals surface area contributed by atoms with E-state index in [0.717, 1.165) is 23.4 Å². The second kappa shape index (κ2) is 8.55. The van der Waals surface area contributed by atoms with Gasteiger partial charge in [0, 0.05) is 37.8 Å². The Morgan fingerprint density at radius 2 is 2.09 bits per heavy atom. The molecule has 10 heteroatoms. The molecule has 2 aromatic rings. The molecule has 0 saturated carbocycles. The second-order valence-electron chi connectivity index (χ2n) is 8.35. The van der Waals surface area contributed by atoms with Crippen LogP contribution in [0, 0.1) is 5.92 Å². The van der Waals surface area contributed by atoms with Gasteiger partial charge in [0.2, 0.25) is 11.8 Å². The molecule has 2 fully saturated rings. The number of carbonyl (C=O) groups excluding carboxylic acids is 2. The number of fused-ring (bicyclic) bond motifs is 1. The molecule has 0 aromatic carbocycles. The van der Waals surface area contributed by atoms with Crippen LogP contribution in [-0.4, -0.2) is 55.8 Å². The molecule has 2 saturated heterocycles. The van der Waals surface area contributed by atoms with Crippen LogP contribution in [0.4, 0.5) is 13.2 Å². The lowest BCUT2D eigenvalue weighted by Crippen LogP contribution is -2.42. The van der Waals surface area contributed by atoms with Crippen molar-refractivity contribution in [1.82, 2.24) is 24.4 Å². The Labute approximate surface area is 183 Å². The molecule has 2 amide bonds. The van der Waals surface area contributed by atoms with E-state index in [1.807, 2.05) is 0 Å². The quantitative estimate of drug-likeness (QED) is 0.656. The number of likely N-dealkylation sites (tertiary alicyclic amines) is 2. The van der Waals surface area contributed by atoms with E-state index in [0.29, 0.717) is 43.9 Å². The fraction of sp³-hybridized carbons (Fsp3) is 0.545. The molecule has 4 rings (SSSR count). The maximum Gasteiger partial charge on any atom is 0.433 e. The minimum Gasteiger partial charge on any atom is -0.338 e. The first-order valence-corrected chi connectivity index (χ1v) is 10.9. The molecule has 0 unspecified atom stereocenters. The fourth-order valence-electron chi connectivity index (χ4n) is 4.60. The SMILES string of the molecule is C=CCN1C[C@@H](C(=O)N2CCCC[C@@H]2c2cc3nc(CC)cc(C(F)(F)F)n3n2)CC1=O. The molecule has 0 bridgehead atoms. The van der Waals surface area contributed by atoms with Crippen LogP contribution in [-0.2, 0) is 22.2 Å². The molecule has 7 nitrogen and oxygen atoms in total. The van der Waals surface area contributed by atoms with Crippen LogP contribution in [0.15, 0.2) is 24.8 Å². The Balaban J connectivity index is 1.66. The van der Waals surface area contributed by atoms with Crippen molar-refractivity contribution in [2.45, 2.75) is 51.2 Å². The molecule has 172 valence electrons. The molecule has 32 heavy (non-hydrogen) atoms. The van der Waals surface area contributed by atoms with E-state index in [1.165, 1.54) is 0 Å². The molecule has 0 spiro atoms. The molecule has 2 aliphatic rings. The summed E-state index contributed by atoms with van der Waals surface area (Å²) in [7, 11) is 0. The maximum atomic E-state index is 13.6. The summed E-state index contributed by atoms with van der Waals surface area (Å²) in [6, 6.07) is 2.13. The number of aryl methyl sites for hydroxylation is 1. The van der Waals surface area contributed by atoms with Gasteiger partial charge in [0.25, 0.3) is 0 Å². The summed E-state index contributed by atoms with van der Waals surface area (Å²) in [5.41, 5.74) is -0.0187. The third-order valence-corrected chi connectivity index (χ3v) is 6.19. The number of rotatable bonds is 5. The summed E-state index contributed by atoms with van der Waals surface area (Å²) < 4.78 is 41.7. The Kier molecular flexibility index (Phi) is 5.96. The summed E-state index contributed by atoms with van der Waals surface area (Å²) in [6.45, 7) is 6.60. The first-order valence-electron chi connectivity index (χ1n) is 10.9. The van der Waals surface area contributed by atoms with Gasteiger partial charge in [-0.05, 0) is 31.7 Å².